The van der Waals surface area contributed by atoms with Crippen molar-refractivity contribution in [2.75, 3.05) is 0 Å². The minimum atomic E-state index is -0.958. The number of Topliss-reactive ketones (excluding diaryl/α,β-unsaturated/α-hetero) is 2. The number of likely N-dealkylation sites (tertiary alicyclic amines) is 1. The van der Waals surface area contributed by atoms with E-state index in [9.17, 15) is 14.4 Å². The van der Waals surface area contributed by atoms with Crippen molar-refractivity contribution < 1.29 is 18.8 Å². The van der Waals surface area contributed by atoms with E-state index < -0.39 is 23.7 Å². The smallest absolute Gasteiger partial charge is 0.291 e. The molecule has 0 saturated carbocycles. The van der Waals surface area contributed by atoms with E-state index >= 15 is 0 Å². The van der Waals surface area contributed by atoms with Crippen molar-refractivity contribution in [3.8, 4) is 0 Å². The van der Waals surface area contributed by atoms with E-state index in [4.69, 9.17) is 4.42 Å². The first-order chi connectivity index (χ1) is 11.0. The molecule has 0 aliphatic carbocycles. The normalized spacial score (nSPS) is 21.0. The summed E-state index contributed by atoms with van der Waals surface area (Å²) in [5.74, 6) is -1.95. The molecule has 1 fully saturated rings. The zero-order valence-corrected chi connectivity index (χ0v) is 13.0. The second-order valence-corrected chi connectivity index (χ2v) is 5.82. The molecule has 3 rings (SSSR count). The molecular weight excluding hydrogens is 294 g/mol. The molecule has 2 atom stereocenters. The van der Waals surface area contributed by atoms with Crippen molar-refractivity contribution in [1.29, 1.82) is 0 Å². The van der Waals surface area contributed by atoms with Crippen molar-refractivity contribution in [1.82, 2.24) is 4.90 Å². The highest BCUT2D eigenvalue weighted by molar-refractivity contribution is 6.42. The molecule has 5 heteroatoms. The van der Waals surface area contributed by atoms with Gasteiger partial charge in [0.05, 0.1) is 18.8 Å². The van der Waals surface area contributed by atoms with Gasteiger partial charge >= 0.3 is 0 Å². The zero-order chi connectivity index (χ0) is 16.6. The Kier molecular flexibility index (Phi) is 3.86. The molecule has 1 aromatic heterocycles. The molecule has 0 radical (unpaired) electrons. The number of furan rings is 1. The first-order valence-corrected chi connectivity index (χ1v) is 7.43. The molecule has 0 spiro atoms. The third-order valence-electron chi connectivity index (χ3n) is 4.17. The Hall–Kier alpha value is -2.69. The number of aryl methyl sites for hydroxylation is 1. The van der Waals surface area contributed by atoms with Gasteiger partial charge in [-0.3, -0.25) is 14.4 Å². The summed E-state index contributed by atoms with van der Waals surface area (Å²) in [6, 6.07) is 10.4. The minimum Gasteiger partial charge on any atom is -0.467 e. The lowest BCUT2D eigenvalue weighted by molar-refractivity contribution is -0.142. The second kappa shape index (κ2) is 5.83. The van der Waals surface area contributed by atoms with E-state index in [1.165, 1.54) is 18.1 Å². The lowest BCUT2D eigenvalue weighted by atomic mass is 9.89. The number of carbonyl (C=O) groups is 3. The molecule has 5 nitrogen and oxygen atoms in total. The van der Waals surface area contributed by atoms with Crippen molar-refractivity contribution >= 4 is 17.5 Å². The summed E-state index contributed by atoms with van der Waals surface area (Å²) >= 11 is 0. The summed E-state index contributed by atoms with van der Waals surface area (Å²) in [5, 5.41) is 0. The summed E-state index contributed by atoms with van der Waals surface area (Å²) in [5.41, 5.74) is 1.85. The summed E-state index contributed by atoms with van der Waals surface area (Å²) in [6.45, 7) is 3.48. The van der Waals surface area contributed by atoms with Gasteiger partial charge in [0, 0.05) is 0 Å². The van der Waals surface area contributed by atoms with Gasteiger partial charge in [-0.15, -0.1) is 0 Å². The number of nitrogens with zero attached hydrogens (tertiary/aromatic N) is 1. The quantitative estimate of drug-likeness (QED) is 0.642. The molecular formula is C18H17NO4. The average Bonchev–Trinajstić information content (AvgIpc) is 3.10. The predicted molar refractivity (Wildman–Crippen MR) is 82.4 cm³/mol. The fourth-order valence-electron chi connectivity index (χ4n) is 3.01. The average molecular weight is 311 g/mol. The number of hydrogen-bond acceptors (Lipinski definition) is 4. The van der Waals surface area contributed by atoms with Gasteiger partial charge in [0.25, 0.3) is 5.91 Å². The van der Waals surface area contributed by atoms with Crippen LogP contribution in [0.4, 0.5) is 0 Å². The molecule has 2 aromatic rings. The molecule has 23 heavy (non-hydrogen) atoms. The van der Waals surface area contributed by atoms with Crippen LogP contribution in [0.3, 0.4) is 0 Å². The fourth-order valence-corrected chi connectivity index (χ4v) is 3.01. The highest BCUT2D eigenvalue weighted by atomic mass is 16.3. The van der Waals surface area contributed by atoms with Gasteiger partial charge in [0.1, 0.15) is 17.5 Å². The Morgan fingerprint density at radius 3 is 2.43 bits per heavy atom. The summed E-state index contributed by atoms with van der Waals surface area (Å²) in [4.78, 5) is 38.1. The Bertz CT molecular complexity index is 746. The fraction of sp³-hybridized carbons (Fsp3) is 0.278. The maximum absolute atomic E-state index is 12.4. The maximum Gasteiger partial charge on any atom is 0.291 e. The number of ketones is 2. The lowest BCUT2D eigenvalue weighted by Gasteiger charge is -2.26. The summed E-state index contributed by atoms with van der Waals surface area (Å²) in [6.07, 6.45) is 1.51. The standard InChI is InChI=1S/C18H17NO4/c1-11-5-7-13(8-6-11)16-15(12(2)20)17(21)18(22)19(16)10-14-4-3-9-23-14/h3-9,15-16H,10H2,1-2H3. The predicted octanol–water partition coefficient (Wildman–Crippen LogP) is 2.45. The van der Waals surface area contributed by atoms with Gasteiger partial charge in [-0.25, -0.2) is 0 Å². The molecule has 1 aromatic carbocycles. The molecule has 118 valence electrons. The Labute approximate surface area is 133 Å². The zero-order valence-electron chi connectivity index (χ0n) is 13.0. The van der Waals surface area contributed by atoms with Crippen LogP contribution in [-0.2, 0) is 20.9 Å². The van der Waals surface area contributed by atoms with Gasteiger partial charge in [0.2, 0.25) is 5.78 Å². The third kappa shape index (κ3) is 2.70. The monoisotopic (exact) mass is 311 g/mol. The third-order valence-corrected chi connectivity index (χ3v) is 4.17. The number of hydrogen-bond donors (Lipinski definition) is 0. The van der Waals surface area contributed by atoms with Gasteiger partial charge < -0.3 is 9.32 Å². The molecule has 1 amide bonds. The number of amides is 1. The van der Waals surface area contributed by atoms with Crippen molar-refractivity contribution in [2.45, 2.75) is 26.4 Å². The van der Waals surface area contributed by atoms with Crippen molar-refractivity contribution in [2.24, 2.45) is 5.92 Å². The lowest BCUT2D eigenvalue weighted by Crippen LogP contribution is -2.29. The van der Waals surface area contributed by atoms with Crippen LogP contribution >= 0.6 is 0 Å². The minimum absolute atomic E-state index is 0.167. The first-order valence-electron chi connectivity index (χ1n) is 7.43. The van der Waals surface area contributed by atoms with Crippen LogP contribution in [-0.4, -0.2) is 22.4 Å². The van der Waals surface area contributed by atoms with Crippen LogP contribution in [0.15, 0.2) is 47.1 Å². The van der Waals surface area contributed by atoms with Crippen LogP contribution in [0.25, 0.3) is 0 Å². The summed E-state index contributed by atoms with van der Waals surface area (Å²) < 4.78 is 5.29. The molecule has 1 aliphatic heterocycles. The first kappa shape index (κ1) is 15.2. The Morgan fingerprint density at radius 2 is 1.87 bits per heavy atom. The number of carbonyl (C=O) groups excluding carboxylic acids is 3. The highest BCUT2D eigenvalue weighted by Gasteiger charge is 2.50. The van der Waals surface area contributed by atoms with E-state index in [1.807, 2.05) is 31.2 Å². The molecule has 0 N–H and O–H groups in total. The van der Waals surface area contributed by atoms with E-state index in [0.29, 0.717) is 5.76 Å². The second-order valence-electron chi connectivity index (χ2n) is 5.82. The Balaban J connectivity index is 2.03. The number of rotatable bonds is 4. The summed E-state index contributed by atoms with van der Waals surface area (Å²) in [7, 11) is 0. The molecule has 2 unspecified atom stereocenters. The molecule has 0 bridgehead atoms. The van der Waals surface area contributed by atoms with Crippen LogP contribution in [0.2, 0.25) is 0 Å². The Morgan fingerprint density at radius 1 is 1.17 bits per heavy atom. The van der Waals surface area contributed by atoms with Crippen LogP contribution in [0.1, 0.15) is 29.9 Å². The van der Waals surface area contributed by atoms with Crippen LogP contribution in [0.5, 0.6) is 0 Å². The van der Waals surface area contributed by atoms with Gasteiger partial charge in [-0.2, -0.15) is 0 Å². The van der Waals surface area contributed by atoms with Crippen molar-refractivity contribution in [3.63, 3.8) is 0 Å². The van der Waals surface area contributed by atoms with E-state index in [-0.39, 0.29) is 12.3 Å². The largest absolute Gasteiger partial charge is 0.467 e. The van der Waals surface area contributed by atoms with E-state index in [2.05, 4.69) is 0 Å². The van der Waals surface area contributed by atoms with Crippen molar-refractivity contribution in [3.05, 3.63) is 59.5 Å². The topological polar surface area (TPSA) is 67.6 Å². The van der Waals surface area contributed by atoms with Gasteiger partial charge in [0.15, 0.2) is 0 Å². The van der Waals surface area contributed by atoms with Gasteiger partial charge in [-0.05, 0) is 31.5 Å². The molecule has 2 heterocycles. The highest BCUT2D eigenvalue weighted by Crippen LogP contribution is 2.37. The van der Waals surface area contributed by atoms with E-state index in [1.54, 1.807) is 12.1 Å². The molecule has 1 aliphatic rings. The van der Waals surface area contributed by atoms with Crippen LogP contribution in [0, 0.1) is 12.8 Å². The SMILES string of the molecule is CC(=O)C1C(=O)C(=O)N(Cc2ccco2)C1c1ccc(C)cc1. The molecule has 1 saturated heterocycles. The van der Waals surface area contributed by atoms with Crippen LogP contribution < -0.4 is 0 Å². The van der Waals surface area contributed by atoms with E-state index in [0.717, 1.165) is 11.1 Å². The number of benzene rings is 1. The maximum atomic E-state index is 12.4. The van der Waals surface area contributed by atoms with Gasteiger partial charge in [-0.1, -0.05) is 29.8 Å².